The summed E-state index contributed by atoms with van der Waals surface area (Å²) < 4.78 is 24.6. The maximum atomic E-state index is 11.4. The third kappa shape index (κ3) is 1.73. The van der Waals surface area contributed by atoms with Gasteiger partial charge in [0.2, 0.25) is 0 Å². The highest BCUT2D eigenvalue weighted by Gasteiger charge is 2.27. The average molecular weight is 229 g/mol. The second-order valence-corrected chi connectivity index (χ2v) is 6.40. The lowest BCUT2D eigenvalue weighted by Crippen LogP contribution is -2.24. The number of nitrogens with zero attached hydrogens (tertiary/aromatic N) is 2. The summed E-state index contributed by atoms with van der Waals surface area (Å²) in [6.45, 7) is 4.42. The van der Waals surface area contributed by atoms with Gasteiger partial charge in [-0.2, -0.15) is 5.10 Å². The molecule has 1 aliphatic heterocycles. The molecule has 0 aliphatic carbocycles. The summed E-state index contributed by atoms with van der Waals surface area (Å²) in [7, 11) is -2.97. The molecular weight excluding hydrogens is 214 g/mol. The van der Waals surface area contributed by atoms with E-state index in [0.29, 0.717) is 17.9 Å². The zero-order valence-electron chi connectivity index (χ0n) is 8.90. The molecule has 0 radical (unpaired) electrons. The monoisotopic (exact) mass is 229 g/mol. The molecule has 2 rings (SSSR count). The molecule has 2 N–H and O–H groups in total. The molecule has 0 unspecified atom stereocenters. The first-order valence-corrected chi connectivity index (χ1v) is 6.78. The fourth-order valence-electron chi connectivity index (χ4n) is 1.80. The van der Waals surface area contributed by atoms with Crippen molar-refractivity contribution in [2.75, 3.05) is 11.5 Å². The van der Waals surface area contributed by atoms with Crippen LogP contribution in [0.25, 0.3) is 0 Å². The van der Waals surface area contributed by atoms with Gasteiger partial charge in [0, 0.05) is 0 Å². The zero-order valence-corrected chi connectivity index (χ0v) is 9.71. The highest BCUT2D eigenvalue weighted by atomic mass is 32.2. The Morgan fingerprint density at radius 3 is 2.73 bits per heavy atom. The summed E-state index contributed by atoms with van der Waals surface area (Å²) in [5.74, 6) is 0.419. The normalized spacial score (nSPS) is 19.1. The van der Waals surface area contributed by atoms with E-state index in [9.17, 15) is 8.42 Å². The van der Waals surface area contributed by atoms with E-state index >= 15 is 0 Å². The lowest BCUT2D eigenvalue weighted by Gasteiger charge is -2.14. The first-order valence-electron chi connectivity index (χ1n) is 4.96. The quantitative estimate of drug-likeness (QED) is 0.761. The number of anilines is 1. The minimum absolute atomic E-state index is 0.0263. The Kier molecular flexibility index (Phi) is 2.26. The van der Waals surface area contributed by atoms with Crippen LogP contribution in [0.1, 0.15) is 31.2 Å². The van der Waals surface area contributed by atoms with E-state index in [0.717, 1.165) is 5.69 Å². The number of hydrogen-bond donors (Lipinski definition) is 1. The molecule has 15 heavy (non-hydrogen) atoms. The van der Waals surface area contributed by atoms with E-state index in [1.807, 2.05) is 13.8 Å². The van der Waals surface area contributed by atoms with Crippen LogP contribution in [0.4, 0.5) is 5.69 Å². The number of aryl methyl sites for hydroxylation is 1. The standard InChI is InChI=1S/C9H15N3O2S/c1-6(2)9-8(10)7-5-15(13,14)4-3-12(7)11-9/h6H,3-5,10H2,1-2H3. The first kappa shape index (κ1) is 10.5. The molecule has 0 saturated carbocycles. The Bertz CT molecular complexity index is 488. The fourth-order valence-corrected chi connectivity index (χ4v) is 3.12. The Morgan fingerprint density at radius 2 is 2.13 bits per heavy atom. The summed E-state index contributed by atoms with van der Waals surface area (Å²) in [5.41, 5.74) is 7.91. The van der Waals surface area contributed by atoms with Crippen LogP contribution >= 0.6 is 0 Å². The smallest absolute Gasteiger partial charge is 0.157 e. The zero-order chi connectivity index (χ0) is 11.2. The van der Waals surface area contributed by atoms with E-state index < -0.39 is 9.84 Å². The van der Waals surface area contributed by atoms with Crippen molar-refractivity contribution >= 4 is 15.5 Å². The molecule has 6 heteroatoms. The molecule has 5 nitrogen and oxygen atoms in total. The van der Waals surface area contributed by atoms with Gasteiger partial charge in [0.15, 0.2) is 9.84 Å². The maximum Gasteiger partial charge on any atom is 0.157 e. The van der Waals surface area contributed by atoms with Crippen molar-refractivity contribution in [3.05, 3.63) is 11.4 Å². The third-order valence-corrected chi connectivity index (χ3v) is 4.16. The van der Waals surface area contributed by atoms with Crippen molar-refractivity contribution in [2.24, 2.45) is 0 Å². The molecule has 0 fully saturated rings. The Hall–Kier alpha value is -1.04. The molecule has 0 bridgehead atoms. The van der Waals surface area contributed by atoms with Crippen molar-refractivity contribution in [1.82, 2.24) is 9.78 Å². The van der Waals surface area contributed by atoms with E-state index in [1.54, 1.807) is 4.68 Å². The van der Waals surface area contributed by atoms with Crippen molar-refractivity contribution in [3.63, 3.8) is 0 Å². The van der Waals surface area contributed by atoms with Gasteiger partial charge >= 0.3 is 0 Å². The average Bonchev–Trinajstić information content (AvgIpc) is 2.42. The number of nitrogen functional groups attached to an aromatic ring is 1. The number of nitrogens with two attached hydrogens (primary N) is 1. The largest absolute Gasteiger partial charge is 0.396 e. The van der Waals surface area contributed by atoms with Crippen LogP contribution < -0.4 is 5.73 Å². The van der Waals surface area contributed by atoms with E-state index in [-0.39, 0.29) is 17.4 Å². The predicted octanol–water partition coefficient (Wildman–Crippen LogP) is 0.517. The molecular formula is C9H15N3O2S. The van der Waals surface area contributed by atoms with Gasteiger partial charge in [-0.15, -0.1) is 0 Å². The predicted molar refractivity (Wildman–Crippen MR) is 58.2 cm³/mol. The van der Waals surface area contributed by atoms with Gasteiger partial charge in [-0.3, -0.25) is 4.68 Å². The topological polar surface area (TPSA) is 78.0 Å². The Morgan fingerprint density at radius 1 is 1.47 bits per heavy atom. The minimum atomic E-state index is -2.97. The molecule has 84 valence electrons. The molecule has 1 aliphatic rings. The summed E-state index contributed by atoms with van der Waals surface area (Å²) in [4.78, 5) is 0. The van der Waals surface area contributed by atoms with E-state index in [4.69, 9.17) is 5.73 Å². The second kappa shape index (κ2) is 3.23. The first-order chi connectivity index (χ1) is 6.91. The highest BCUT2D eigenvalue weighted by Crippen LogP contribution is 2.28. The van der Waals surface area contributed by atoms with Crippen molar-refractivity contribution in [1.29, 1.82) is 0 Å². The molecule has 2 heterocycles. The SMILES string of the molecule is CC(C)c1nn2c(c1N)CS(=O)(=O)CC2. The molecule has 0 aromatic carbocycles. The lowest BCUT2D eigenvalue weighted by atomic mass is 10.1. The van der Waals surface area contributed by atoms with Crippen molar-refractivity contribution < 1.29 is 8.42 Å². The molecule has 0 amide bonds. The van der Waals surface area contributed by atoms with Crippen molar-refractivity contribution in [2.45, 2.75) is 32.1 Å². The van der Waals surface area contributed by atoms with Crippen LogP contribution in [0.3, 0.4) is 0 Å². The molecule has 1 aromatic heterocycles. The van der Waals surface area contributed by atoms with Gasteiger partial charge in [0.05, 0.1) is 35.1 Å². The maximum absolute atomic E-state index is 11.4. The van der Waals surface area contributed by atoms with Gasteiger partial charge in [-0.05, 0) is 5.92 Å². The van der Waals surface area contributed by atoms with Gasteiger partial charge < -0.3 is 5.73 Å². The van der Waals surface area contributed by atoms with Crippen molar-refractivity contribution in [3.8, 4) is 0 Å². The van der Waals surface area contributed by atoms with Crippen LogP contribution in [0.5, 0.6) is 0 Å². The van der Waals surface area contributed by atoms with Crippen LogP contribution in [0.2, 0.25) is 0 Å². The van der Waals surface area contributed by atoms with Crippen LogP contribution in [0.15, 0.2) is 0 Å². The summed E-state index contributed by atoms with van der Waals surface area (Å²) in [6, 6.07) is 0. The van der Waals surface area contributed by atoms with Gasteiger partial charge in [0.25, 0.3) is 0 Å². The van der Waals surface area contributed by atoms with Crippen LogP contribution in [-0.4, -0.2) is 24.0 Å². The third-order valence-electron chi connectivity index (χ3n) is 2.64. The Labute approximate surface area is 89.2 Å². The summed E-state index contributed by atoms with van der Waals surface area (Å²) >= 11 is 0. The molecule has 0 atom stereocenters. The van der Waals surface area contributed by atoms with E-state index in [2.05, 4.69) is 5.10 Å². The highest BCUT2D eigenvalue weighted by molar-refractivity contribution is 7.90. The minimum Gasteiger partial charge on any atom is -0.396 e. The molecule has 1 aromatic rings. The number of rotatable bonds is 1. The second-order valence-electron chi connectivity index (χ2n) is 4.22. The summed E-state index contributed by atoms with van der Waals surface area (Å²) in [5, 5.41) is 4.34. The number of aromatic nitrogens is 2. The van der Waals surface area contributed by atoms with Gasteiger partial charge in [-0.1, -0.05) is 13.8 Å². The number of sulfone groups is 1. The molecule has 0 saturated heterocycles. The summed E-state index contributed by atoms with van der Waals surface area (Å²) in [6.07, 6.45) is 0. The number of hydrogen-bond acceptors (Lipinski definition) is 4. The Balaban J connectivity index is 2.51. The van der Waals surface area contributed by atoms with Crippen LogP contribution in [0, 0.1) is 0 Å². The van der Waals surface area contributed by atoms with E-state index in [1.165, 1.54) is 0 Å². The molecule has 0 spiro atoms. The number of fused-ring (bicyclic) bond motifs is 1. The fraction of sp³-hybridized carbons (Fsp3) is 0.667. The lowest BCUT2D eigenvalue weighted by molar-refractivity contribution is 0.551. The van der Waals surface area contributed by atoms with Gasteiger partial charge in [-0.25, -0.2) is 8.42 Å². The van der Waals surface area contributed by atoms with Gasteiger partial charge in [0.1, 0.15) is 0 Å². The van der Waals surface area contributed by atoms with Crippen LogP contribution in [-0.2, 0) is 22.1 Å².